The number of hydrogen-bond acceptors (Lipinski definition) is 4. The van der Waals surface area contributed by atoms with Gasteiger partial charge in [0, 0.05) is 19.1 Å². The van der Waals surface area contributed by atoms with Crippen molar-refractivity contribution in [1.82, 2.24) is 19.9 Å². The molecule has 0 aliphatic carbocycles. The number of likely N-dealkylation sites (tertiary alicyclic amines) is 1. The van der Waals surface area contributed by atoms with Gasteiger partial charge in [-0.3, -0.25) is 4.79 Å². The van der Waals surface area contributed by atoms with Crippen LogP contribution in [0.25, 0.3) is 5.69 Å². The molecule has 0 radical (unpaired) electrons. The minimum absolute atomic E-state index is 0.0770. The summed E-state index contributed by atoms with van der Waals surface area (Å²) in [5, 5.41) is 8.35. The van der Waals surface area contributed by atoms with Gasteiger partial charge in [-0.1, -0.05) is 18.2 Å². The van der Waals surface area contributed by atoms with Crippen LogP contribution in [-0.4, -0.2) is 44.9 Å². The van der Waals surface area contributed by atoms with Crippen molar-refractivity contribution in [2.75, 3.05) is 13.1 Å². The van der Waals surface area contributed by atoms with Gasteiger partial charge in [0.15, 0.2) is 5.69 Å². The Morgan fingerprint density at radius 1 is 1.32 bits per heavy atom. The third-order valence-corrected chi connectivity index (χ3v) is 3.21. The average Bonchev–Trinajstić information content (AvgIpc) is 3.08. The number of para-hydroxylation sites is 1. The molecule has 1 aromatic carbocycles. The smallest absolute Gasteiger partial charge is 0.276 e. The van der Waals surface area contributed by atoms with Crippen LogP contribution < -0.4 is 5.73 Å². The van der Waals surface area contributed by atoms with Gasteiger partial charge in [0.25, 0.3) is 5.91 Å². The molecule has 2 heterocycles. The van der Waals surface area contributed by atoms with Crippen molar-refractivity contribution in [3.05, 3.63) is 42.2 Å². The van der Waals surface area contributed by atoms with E-state index in [-0.39, 0.29) is 11.9 Å². The van der Waals surface area contributed by atoms with E-state index in [4.69, 9.17) is 5.73 Å². The van der Waals surface area contributed by atoms with Crippen LogP contribution in [0, 0.1) is 0 Å². The maximum Gasteiger partial charge on any atom is 0.276 e. The summed E-state index contributed by atoms with van der Waals surface area (Å²) in [6.45, 7) is 1.29. The van der Waals surface area contributed by atoms with Crippen LogP contribution >= 0.6 is 0 Å². The molecule has 19 heavy (non-hydrogen) atoms. The van der Waals surface area contributed by atoms with Crippen LogP contribution in [0.4, 0.5) is 0 Å². The largest absolute Gasteiger partial charge is 0.336 e. The third kappa shape index (κ3) is 2.34. The SMILES string of the molecule is NC1CCN(C(=O)c2cnn(-c3ccccc3)n2)C1. The molecule has 6 nitrogen and oxygen atoms in total. The lowest BCUT2D eigenvalue weighted by molar-refractivity contribution is 0.0784. The molecule has 2 aromatic rings. The Kier molecular flexibility index (Phi) is 3.00. The van der Waals surface area contributed by atoms with E-state index in [0.29, 0.717) is 18.8 Å². The fourth-order valence-electron chi connectivity index (χ4n) is 2.18. The highest BCUT2D eigenvalue weighted by atomic mass is 16.2. The zero-order chi connectivity index (χ0) is 13.2. The predicted octanol–water partition coefficient (Wildman–Crippen LogP) is 0.440. The van der Waals surface area contributed by atoms with Gasteiger partial charge in [0.2, 0.25) is 0 Å². The number of nitrogens with zero attached hydrogens (tertiary/aromatic N) is 4. The van der Waals surface area contributed by atoms with Crippen LogP contribution in [0.1, 0.15) is 16.9 Å². The Morgan fingerprint density at radius 2 is 2.11 bits per heavy atom. The normalized spacial score (nSPS) is 18.8. The van der Waals surface area contributed by atoms with E-state index in [1.165, 1.54) is 11.0 Å². The third-order valence-electron chi connectivity index (χ3n) is 3.21. The van der Waals surface area contributed by atoms with Crippen molar-refractivity contribution < 1.29 is 4.79 Å². The van der Waals surface area contributed by atoms with E-state index >= 15 is 0 Å². The summed E-state index contributed by atoms with van der Waals surface area (Å²) in [6.07, 6.45) is 2.34. The van der Waals surface area contributed by atoms with E-state index < -0.39 is 0 Å². The maximum atomic E-state index is 12.2. The predicted molar refractivity (Wildman–Crippen MR) is 69.9 cm³/mol. The first kappa shape index (κ1) is 11.9. The Bertz CT molecular complexity index is 580. The Balaban J connectivity index is 1.80. The fraction of sp³-hybridized carbons (Fsp3) is 0.308. The van der Waals surface area contributed by atoms with E-state index in [2.05, 4.69) is 10.2 Å². The first-order chi connectivity index (χ1) is 9.24. The van der Waals surface area contributed by atoms with Crippen LogP contribution in [-0.2, 0) is 0 Å². The summed E-state index contributed by atoms with van der Waals surface area (Å²) >= 11 is 0. The van der Waals surface area contributed by atoms with E-state index in [1.807, 2.05) is 30.3 Å². The summed E-state index contributed by atoms with van der Waals surface area (Å²) in [7, 11) is 0. The van der Waals surface area contributed by atoms with Crippen molar-refractivity contribution in [2.24, 2.45) is 5.73 Å². The van der Waals surface area contributed by atoms with Crippen molar-refractivity contribution in [3.63, 3.8) is 0 Å². The lowest BCUT2D eigenvalue weighted by Gasteiger charge is -2.13. The van der Waals surface area contributed by atoms with E-state index in [1.54, 1.807) is 4.90 Å². The molecule has 0 saturated carbocycles. The summed E-state index contributed by atoms with van der Waals surface area (Å²) in [4.78, 5) is 15.4. The van der Waals surface area contributed by atoms with Crippen LogP contribution in [0.5, 0.6) is 0 Å². The quantitative estimate of drug-likeness (QED) is 0.847. The number of carbonyl (C=O) groups excluding carboxylic acids is 1. The van der Waals surface area contributed by atoms with Crippen LogP contribution in [0.2, 0.25) is 0 Å². The zero-order valence-corrected chi connectivity index (χ0v) is 10.4. The van der Waals surface area contributed by atoms with Gasteiger partial charge in [0.1, 0.15) is 0 Å². The van der Waals surface area contributed by atoms with Gasteiger partial charge < -0.3 is 10.6 Å². The Labute approximate surface area is 110 Å². The molecule has 1 aromatic heterocycles. The second-order valence-electron chi connectivity index (χ2n) is 4.65. The number of aromatic nitrogens is 3. The van der Waals surface area contributed by atoms with Gasteiger partial charge in [-0.25, -0.2) is 0 Å². The number of benzene rings is 1. The van der Waals surface area contributed by atoms with Gasteiger partial charge >= 0.3 is 0 Å². The van der Waals surface area contributed by atoms with Crippen molar-refractivity contribution in [3.8, 4) is 5.69 Å². The monoisotopic (exact) mass is 257 g/mol. The van der Waals surface area contributed by atoms with Gasteiger partial charge in [-0.05, 0) is 18.6 Å². The number of rotatable bonds is 2. The molecule has 1 aliphatic rings. The first-order valence-electron chi connectivity index (χ1n) is 6.26. The molecule has 1 fully saturated rings. The second-order valence-corrected chi connectivity index (χ2v) is 4.65. The minimum atomic E-state index is -0.102. The minimum Gasteiger partial charge on any atom is -0.336 e. The topological polar surface area (TPSA) is 77.0 Å². The molecule has 0 spiro atoms. The summed E-state index contributed by atoms with van der Waals surface area (Å²) in [6, 6.07) is 9.58. The highest BCUT2D eigenvalue weighted by Gasteiger charge is 2.26. The molecule has 1 amide bonds. The Morgan fingerprint density at radius 3 is 2.79 bits per heavy atom. The van der Waals surface area contributed by atoms with Gasteiger partial charge in [0.05, 0.1) is 11.9 Å². The molecule has 2 N–H and O–H groups in total. The average molecular weight is 257 g/mol. The zero-order valence-electron chi connectivity index (χ0n) is 10.4. The molecule has 0 bridgehead atoms. The Hall–Kier alpha value is -2.21. The molecular weight excluding hydrogens is 242 g/mol. The lowest BCUT2D eigenvalue weighted by atomic mass is 10.3. The first-order valence-corrected chi connectivity index (χ1v) is 6.26. The van der Waals surface area contributed by atoms with Crippen molar-refractivity contribution in [2.45, 2.75) is 12.5 Å². The van der Waals surface area contributed by atoms with Gasteiger partial charge in [-0.2, -0.15) is 9.90 Å². The van der Waals surface area contributed by atoms with Crippen molar-refractivity contribution in [1.29, 1.82) is 0 Å². The second kappa shape index (κ2) is 4.81. The summed E-state index contributed by atoms with van der Waals surface area (Å²) < 4.78 is 0. The molecule has 3 rings (SSSR count). The number of amides is 1. The van der Waals surface area contributed by atoms with Crippen LogP contribution in [0.3, 0.4) is 0 Å². The highest BCUT2D eigenvalue weighted by molar-refractivity contribution is 5.92. The van der Waals surface area contributed by atoms with Crippen LogP contribution in [0.15, 0.2) is 36.5 Å². The number of carbonyl (C=O) groups is 1. The number of hydrogen-bond donors (Lipinski definition) is 1. The van der Waals surface area contributed by atoms with E-state index in [9.17, 15) is 4.79 Å². The maximum absolute atomic E-state index is 12.2. The lowest BCUT2D eigenvalue weighted by Crippen LogP contribution is -2.32. The van der Waals surface area contributed by atoms with E-state index in [0.717, 1.165) is 12.1 Å². The molecular formula is C13H15N5O. The molecule has 1 saturated heterocycles. The molecule has 1 unspecified atom stereocenters. The van der Waals surface area contributed by atoms with Crippen molar-refractivity contribution >= 4 is 5.91 Å². The standard InChI is InChI=1S/C13H15N5O/c14-10-6-7-17(9-10)13(19)12-8-15-18(16-12)11-4-2-1-3-5-11/h1-5,8,10H,6-7,9,14H2. The molecule has 1 atom stereocenters. The molecule has 98 valence electrons. The molecule has 6 heteroatoms. The van der Waals surface area contributed by atoms with Gasteiger partial charge in [-0.15, -0.1) is 5.10 Å². The fourth-order valence-corrected chi connectivity index (χ4v) is 2.18. The summed E-state index contributed by atoms with van der Waals surface area (Å²) in [5.74, 6) is -0.102. The summed E-state index contributed by atoms with van der Waals surface area (Å²) in [5.41, 5.74) is 6.99. The number of nitrogens with two attached hydrogens (primary N) is 1. The highest BCUT2D eigenvalue weighted by Crippen LogP contribution is 2.11. The molecule has 1 aliphatic heterocycles.